The van der Waals surface area contributed by atoms with Gasteiger partial charge in [0.15, 0.2) is 11.6 Å². The summed E-state index contributed by atoms with van der Waals surface area (Å²) in [7, 11) is 1.76. The molecular formula is C14H11N3O2. The lowest BCUT2D eigenvalue weighted by molar-refractivity contribution is 0.0891. The molecule has 0 saturated carbocycles. The van der Waals surface area contributed by atoms with Gasteiger partial charge in [-0.15, -0.1) is 0 Å². The van der Waals surface area contributed by atoms with Gasteiger partial charge in [0.05, 0.1) is 24.4 Å². The first-order chi connectivity index (χ1) is 9.10. The average molecular weight is 253 g/mol. The Labute approximate surface area is 110 Å². The number of hydrogen-bond acceptors (Lipinski definition) is 4. The lowest BCUT2D eigenvalue weighted by Gasteiger charge is -1.99. The molecule has 1 aromatic carbocycles. The summed E-state index contributed by atoms with van der Waals surface area (Å²) >= 11 is 0. The number of hydrogen-bond donors (Lipinski definition) is 0. The number of nitriles is 1. The third kappa shape index (κ3) is 2.93. The molecule has 0 radical (unpaired) electrons. The lowest BCUT2D eigenvalue weighted by Crippen LogP contribution is -2.09. The largest absolute Gasteiger partial charge is 0.340 e. The maximum atomic E-state index is 11.9. The van der Waals surface area contributed by atoms with E-state index in [2.05, 4.69) is 4.98 Å². The second-order valence-corrected chi connectivity index (χ2v) is 4.14. The van der Waals surface area contributed by atoms with E-state index in [1.165, 1.54) is 6.33 Å². The first-order valence-corrected chi connectivity index (χ1v) is 5.64. The first kappa shape index (κ1) is 12.7. The Morgan fingerprint density at radius 3 is 2.47 bits per heavy atom. The van der Waals surface area contributed by atoms with Gasteiger partial charge in [0.1, 0.15) is 5.69 Å². The number of imidazole rings is 1. The quantitative estimate of drug-likeness (QED) is 0.614. The highest BCUT2D eigenvalue weighted by atomic mass is 16.1. The SMILES string of the molecule is Cn1cnc(C(=O)CC(=O)c2ccc(C#N)cc2)c1. The van der Waals surface area contributed by atoms with Crippen molar-refractivity contribution in [3.8, 4) is 6.07 Å². The van der Waals surface area contributed by atoms with Crippen LogP contribution in [0.25, 0.3) is 0 Å². The van der Waals surface area contributed by atoms with E-state index in [1.807, 2.05) is 6.07 Å². The molecular weight excluding hydrogens is 242 g/mol. The Balaban J connectivity index is 2.08. The molecule has 0 N–H and O–H groups in total. The fourth-order valence-electron chi connectivity index (χ4n) is 1.63. The Morgan fingerprint density at radius 2 is 1.95 bits per heavy atom. The summed E-state index contributed by atoms with van der Waals surface area (Å²) in [6.07, 6.45) is 2.87. The maximum Gasteiger partial charge on any atom is 0.190 e. The van der Waals surface area contributed by atoms with Crippen molar-refractivity contribution < 1.29 is 9.59 Å². The van der Waals surface area contributed by atoms with Gasteiger partial charge in [-0.05, 0) is 12.1 Å². The number of carbonyl (C=O) groups is 2. The topological polar surface area (TPSA) is 75.8 Å². The Bertz CT molecular complexity index is 663. The van der Waals surface area contributed by atoms with Crippen molar-refractivity contribution in [2.45, 2.75) is 6.42 Å². The van der Waals surface area contributed by atoms with Crippen molar-refractivity contribution in [3.63, 3.8) is 0 Å². The molecule has 0 fully saturated rings. The smallest absolute Gasteiger partial charge is 0.190 e. The number of Topliss-reactive ketones (excluding diaryl/α,β-unsaturated/α-hetero) is 2. The summed E-state index contributed by atoms with van der Waals surface area (Å²) in [5.41, 5.74) is 1.18. The molecule has 0 unspecified atom stereocenters. The molecule has 0 aliphatic carbocycles. The van der Waals surface area contributed by atoms with E-state index in [0.717, 1.165) is 0 Å². The first-order valence-electron chi connectivity index (χ1n) is 5.64. The van der Waals surface area contributed by atoms with E-state index in [-0.39, 0.29) is 23.7 Å². The normalized spacial score (nSPS) is 9.89. The molecule has 2 rings (SSSR count). The summed E-state index contributed by atoms with van der Waals surface area (Å²) in [6.45, 7) is 0. The Morgan fingerprint density at radius 1 is 1.26 bits per heavy atom. The molecule has 19 heavy (non-hydrogen) atoms. The minimum Gasteiger partial charge on any atom is -0.340 e. The van der Waals surface area contributed by atoms with Gasteiger partial charge in [0.2, 0.25) is 0 Å². The fourth-order valence-corrected chi connectivity index (χ4v) is 1.63. The van der Waals surface area contributed by atoms with E-state index >= 15 is 0 Å². The molecule has 5 nitrogen and oxygen atoms in total. The summed E-state index contributed by atoms with van der Waals surface area (Å²) in [4.78, 5) is 27.6. The van der Waals surface area contributed by atoms with Crippen molar-refractivity contribution in [2.75, 3.05) is 0 Å². The molecule has 5 heteroatoms. The van der Waals surface area contributed by atoms with Gasteiger partial charge in [0.25, 0.3) is 0 Å². The van der Waals surface area contributed by atoms with Crippen LogP contribution in [-0.4, -0.2) is 21.1 Å². The van der Waals surface area contributed by atoms with Gasteiger partial charge in [-0.3, -0.25) is 9.59 Å². The standard InChI is InChI=1S/C14H11N3O2/c1-17-8-12(16-9-17)14(19)6-13(18)11-4-2-10(7-15)3-5-11/h2-5,8-9H,6H2,1H3. The lowest BCUT2D eigenvalue weighted by atomic mass is 10.0. The summed E-state index contributed by atoms with van der Waals surface area (Å²) in [5, 5.41) is 8.66. The summed E-state index contributed by atoms with van der Waals surface area (Å²) < 4.78 is 1.65. The number of nitrogens with zero attached hydrogens (tertiary/aromatic N) is 3. The van der Waals surface area contributed by atoms with Gasteiger partial charge < -0.3 is 4.57 Å². The zero-order chi connectivity index (χ0) is 13.8. The zero-order valence-electron chi connectivity index (χ0n) is 10.3. The van der Waals surface area contributed by atoms with E-state index < -0.39 is 0 Å². The minimum absolute atomic E-state index is 0.219. The number of aryl methyl sites for hydroxylation is 1. The number of carbonyl (C=O) groups excluding carboxylic acids is 2. The molecule has 2 aromatic rings. The minimum atomic E-state index is -0.310. The highest BCUT2D eigenvalue weighted by Gasteiger charge is 2.15. The second-order valence-electron chi connectivity index (χ2n) is 4.14. The molecule has 0 aliphatic rings. The van der Waals surface area contributed by atoms with Crippen LogP contribution in [-0.2, 0) is 7.05 Å². The second kappa shape index (κ2) is 5.27. The molecule has 1 heterocycles. The molecule has 0 spiro atoms. The van der Waals surface area contributed by atoms with Gasteiger partial charge in [-0.1, -0.05) is 12.1 Å². The molecule has 94 valence electrons. The van der Waals surface area contributed by atoms with Crippen LogP contribution < -0.4 is 0 Å². The van der Waals surface area contributed by atoms with E-state index in [0.29, 0.717) is 11.1 Å². The predicted molar refractivity (Wildman–Crippen MR) is 67.6 cm³/mol. The van der Waals surface area contributed by atoms with Crippen molar-refractivity contribution in [2.24, 2.45) is 7.05 Å². The van der Waals surface area contributed by atoms with E-state index in [9.17, 15) is 9.59 Å². The number of rotatable bonds is 4. The number of benzene rings is 1. The monoisotopic (exact) mass is 253 g/mol. The van der Waals surface area contributed by atoms with Crippen molar-refractivity contribution >= 4 is 11.6 Å². The van der Waals surface area contributed by atoms with Crippen LogP contribution in [0.4, 0.5) is 0 Å². The molecule has 0 bridgehead atoms. The van der Waals surface area contributed by atoms with E-state index in [1.54, 1.807) is 42.1 Å². The van der Waals surface area contributed by atoms with E-state index in [4.69, 9.17) is 5.26 Å². The molecule has 0 saturated heterocycles. The molecule has 0 amide bonds. The van der Waals surface area contributed by atoms with Crippen molar-refractivity contribution in [1.29, 1.82) is 5.26 Å². The maximum absolute atomic E-state index is 11.9. The van der Waals surface area contributed by atoms with Gasteiger partial charge in [-0.25, -0.2) is 4.98 Å². The summed E-state index contributed by atoms with van der Waals surface area (Å²) in [6, 6.07) is 8.18. The highest BCUT2D eigenvalue weighted by Crippen LogP contribution is 2.09. The summed E-state index contributed by atoms with van der Waals surface area (Å²) in [5.74, 6) is -0.588. The van der Waals surface area contributed by atoms with Gasteiger partial charge >= 0.3 is 0 Å². The highest BCUT2D eigenvalue weighted by molar-refractivity contribution is 6.12. The van der Waals surface area contributed by atoms with Crippen LogP contribution in [0.1, 0.15) is 32.8 Å². The van der Waals surface area contributed by atoms with Gasteiger partial charge in [0, 0.05) is 18.8 Å². The van der Waals surface area contributed by atoms with Gasteiger partial charge in [-0.2, -0.15) is 5.26 Å². The zero-order valence-corrected chi connectivity index (χ0v) is 10.3. The van der Waals surface area contributed by atoms with Crippen LogP contribution in [0, 0.1) is 11.3 Å². The van der Waals surface area contributed by atoms with Crippen LogP contribution in [0.15, 0.2) is 36.8 Å². The molecule has 0 aliphatic heterocycles. The van der Waals surface area contributed by atoms with Crippen molar-refractivity contribution in [1.82, 2.24) is 9.55 Å². The fraction of sp³-hybridized carbons (Fsp3) is 0.143. The Kier molecular flexibility index (Phi) is 3.53. The third-order valence-electron chi connectivity index (χ3n) is 2.65. The Hall–Kier alpha value is -2.74. The van der Waals surface area contributed by atoms with Crippen LogP contribution in [0.3, 0.4) is 0 Å². The number of ketones is 2. The average Bonchev–Trinajstić information content (AvgIpc) is 2.85. The van der Waals surface area contributed by atoms with Crippen LogP contribution in [0.5, 0.6) is 0 Å². The van der Waals surface area contributed by atoms with Crippen molar-refractivity contribution in [3.05, 3.63) is 53.6 Å². The number of aromatic nitrogens is 2. The third-order valence-corrected chi connectivity index (χ3v) is 2.65. The van der Waals surface area contributed by atoms with Crippen LogP contribution >= 0.6 is 0 Å². The van der Waals surface area contributed by atoms with Crippen LogP contribution in [0.2, 0.25) is 0 Å². The predicted octanol–water partition coefficient (Wildman–Crippen LogP) is 1.75. The molecule has 1 aromatic heterocycles. The molecule has 0 atom stereocenters.